The molecule has 4 aromatic carbocycles. The number of hydrogen-bond donors (Lipinski definition) is 0. The third-order valence-electron chi connectivity index (χ3n) is 19.2. The molecule has 98 heavy (non-hydrogen) atoms. The molecule has 0 amide bonds. The van der Waals surface area contributed by atoms with Crippen LogP contribution in [0, 0.1) is 0 Å². The summed E-state index contributed by atoms with van der Waals surface area (Å²) in [5.41, 5.74) is 6.86. The fourth-order valence-electron chi connectivity index (χ4n) is 13.0. The van der Waals surface area contributed by atoms with Crippen LogP contribution in [0.2, 0.25) is 0 Å². The molecular formula is C80H88O18. The highest BCUT2D eigenvalue weighted by atomic mass is 16.9. The molecule has 6 aliphatic heterocycles. The Balaban J connectivity index is 0.000000176. The van der Waals surface area contributed by atoms with Crippen LogP contribution in [0.1, 0.15) is 146 Å². The normalized spacial score (nSPS) is 24.0. The van der Waals surface area contributed by atoms with Crippen LogP contribution in [0.25, 0.3) is 56.0 Å². The first-order valence-electron chi connectivity index (χ1n) is 34.0. The standard InChI is InChI=1S/2C40H44O9/c2*1-25(16-20-42-28-11-9-27-10-14-36(41)45-31(27)23-28)8-13-35-39(5,6)49-40(48-35)19-15-29-33(46-40)24-32-30(18-22-43-32)37(29)44-21-17-26(2)7-12-34-38(3,4)47-34/h2*9-11,14-19,22-24,34-35H,7-8,12-13,20-21H2,1-6H3/b2*25-16+,26-17+/t34?,35?,40-;34?,35-,40+/m11/s1. The maximum Gasteiger partial charge on any atom is 0.350 e. The van der Waals surface area contributed by atoms with Crippen LogP contribution in [0.3, 0.4) is 0 Å². The maximum atomic E-state index is 11.6. The molecule has 0 radical (unpaired) electrons. The van der Waals surface area contributed by atoms with Crippen molar-refractivity contribution in [2.24, 2.45) is 0 Å². The van der Waals surface area contributed by atoms with Crippen LogP contribution in [0.4, 0.5) is 0 Å². The van der Waals surface area contributed by atoms with Gasteiger partial charge in [0.15, 0.2) is 0 Å². The molecule has 2 spiro atoms. The van der Waals surface area contributed by atoms with Crippen molar-refractivity contribution in [1.29, 1.82) is 0 Å². The predicted octanol–water partition coefficient (Wildman–Crippen LogP) is 17.8. The van der Waals surface area contributed by atoms with Crippen molar-refractivity contribution in [1.82, 2.24) is 0 Å². The number of fused-ring (bicyclic) bond motifs is 6. The van der Waals surface area contributed by atoms with Gasteiger partial charge < -0.3 is 74.5 Å². The molecule has 18 nitrogen and oxygen atoms in total. The van der Waals surface area contributed by atoms with E-state index in [0.29, 0.717) is 95.5 Å². The average Bonchev–Trinajstić information content (AvgIpc) is 1.53. The van der Waals surface area contributed by atoms with Crippen molar-refractivity contribution in [3.05, 3.63) is 188 Å². The third-order valence-corrected chi connectivity index (χ3v) is 19.2. The largest absolute Gasteiger partial charge is 0.489 e. The fraction of sp³-hybridized carbons (Fsp3) is 0.425. The molecular weight excluding hydrogens is 1250 g/mol. The molecule has 6 aliphatic rings. The summed E-state index contributed by atoms with van der Waals surface area (Å²) in [6.07, 6.45) is 26.4. The topological polar surface area (TPSA) is 204 Å². The van der Waals surface area contributed by atoms with Crippen LogP contribution in [-0.2, 0) is 28.4 Å². The van der Waals surface area contributed by atoms with E-state index in [1.54, 1.807) is 36.8 Å². The molecule has 0 saturated carbocycles. The Morgan fingerprint density at radius 3 is 1.13 bits per heavy atom. The first kappa shape index (κ1) is 67.9. The van der Waals surface area contributed by atoms with E-state index in [2.05, 4.69) is 67.5 Å². The van der Waals surface area contributed by atoms with Crippen LogP contribution in [-0.4, -0.2) is 85.2 Å². The van der Waals surface area contributed by atoms with Gasteiger partial charge in [0.05, 0.1) is 81.2 Å². The van der Waals surface area contributed by atoms with Crippen LogP contribution in [0.5, 0.6) is 34.5 Å². The van der Waals surface area contributed by atoms with Crippen molar-refractivity contribution in [3.63, 3.8) is 0 Å². The molecule has 18 heteroatoms. The maximum absolute atomic E-state index is 11.6. The molecule has 10 heterocycles. The van der Waals surface area contributed by atoms with Crippen molar-refractivity contribution in [3.8, 4) is 34.5 Å². The summed E-state index contributed by atoms with van der Waals surface area (Å²) in [6.45, 7) is 26.7. The van der Waals surface area contributed by atoms with E-state index < -0.39 is 23.1 Å². The highest BCUT2D eigenvalue weighted by Gasteiger charge is 2.56. The summed E-state index contributed by atoms with van der Waals surface area (Å²) in [5, 5.41) is 3.46. The number of hydrogen-bond acceptors (Lipinski definition) is 18. The summed E-state index contributed by atoms with van der Waals surface area (Å²) in [6, 6.07) is 24.8. The highest BCUT2D eigenvalue weighted by molar-refractivity contribution is 5.93. The quantitative estimate of drug-likeness (QED) is 0.0313. The highest BCUT2D eigenvalue weighted by Crippen LogP contribution is 2.51. The number of ether oxygens (including phenoxy) is 12. The lowest BCUT2D eigenvalue weighted by Gasteiger charge is -2.30. The number of allylic oxidation sites excluding steroid dienone is 4. The van der Waals surface area contributed by atoms with Crippen LogP contribution in [0.15, 0.2) is 183 Å². The van der Waals surface area contributed by atoms with Gasteiger partial charge in [-0.1, -0.05) is 22.3 Å². The number of epoxide rings is 2. The van der Waals surface area contributed by atoms with E-state index in [0.717, 1.165) is 95.2 Å². The Hall–Kier alpha value is -8.62. The van der Waals surface area contributed by atoms with E-state index >= 15 is 0 Å². The molecule has 4 fully saturated rings. The fourth-order valence-corrected chi connectivity index (χ4v) is 13.0. The summed E-state index contributed by atoms with van der Waals surface area (Å²) < 4.78 is 97.1. The van der Waals surface area contributed by atoms with Gasteiger partial charge in [0.2, 0.25) is 0 Å². The van der Waals surface area contributed by atoms with E-state index in [1.807, 2.05) is 113 Å². The predicted molar refractivity (Wildman–Crippen MR) is 374 cm³/mol. The monoisotopic (exact) mass is 1340 g/mol. The minimum absolute atomic E-state index is 0.00721. The summed E-state index contributed by atoms with van der Waals surface area (Å²) >= 11 is 0. The second-order valence-electron chi connectivity index (χ2n) is 28.5. The Morgan fingerprint density at radius 1 is 0.418 bits per heavy atom. The molecule has 8 aromatic rings. The second kappa shape index (κ2) is 27.2. The van der Waals surface area contributed by atoms with Crippen LogP contribution >= 0.6 is 0 Å². The van der Waals surface area contributed by atoms with E-state index in [-0.39, 0.29) is 34.7 Å². The minimum atomic E-state index is -1.36. The Bertz CT molecular complexity index is 4310. The zero-order chi connectivity index (χ0) is 68.8. The van der Waals surface area contributed by atoms with Gasteiger partial charge >= 0.3 is 23.2 Å². The Kier molecular flexibility index (Phi) is 18.9. The number of benzene rings is 4. The van der Waals surface area contributed by atoms with Gasteiger partial charge in [-0.2, -0.15) is 0 Å². The zero-order valence-electron chi connectivity index (χ0n) is 58.0. The third kappa shape index (κ3) is 15.5. The first-order chi connectivity index (χ1) is 46.8. The molecule has 14 rings (SSSR count). The molecule has 3 unspecified atom stereocenters. The lowest BCUT2D eigenvalue weighted by Crippen LogP contribution is -2.39. The molecule has 0 aliphatic carbocycles. The zero-order valence-corrected chi connectivity index (χ0v) is 58.0. The van der Waals surface area contributed by atoms with Gasteiger partial charge in [-0.05, 0) is 219 Å². The molecule has 6 atom stereocenters. The average molecular weight is 1340 g/mol. The molecule has 0 N–H and O–H groups in total. The summed E-state index contributed by atoms with van der Waals surface area (Å²) in [4.78, 5) is 23.1. The van der Waals surface area contributed by atoms with E-state index in [1.165, 1.54) is 23.3 Å². The minimum Gasteiger partial charge on any atom is -0.489 e. The number of furan rings is 2. The van der Waals surface area contributed by atoms with Gasteiger partial charge in [-0.25, -0.2) is 9.59 Å². The Labute approximate surface area is 570 Å². The Morgan fingerprint density at radius 2 is 0.765 bits per heavy atom. The van der Waals surface area contributed by atoms with Crippen molar-refractivity contribution < 1.29 is 74.5 Å². The van der Waals surface area contributed by atoms with Crippen LogP contribution < -0.4 is 39.7 Å². The van der Waals surface area contributed by atoms with E-state index in [4.69, 9.17) is 74.5 Å². The van der Waals surface area contributed by atoms with Gasteiger partial charge in [0, 0.05) is 59.3 Å². The lowest BCUT2D eigenvalue weighted by molar-refractivity contribution is -0.271. The summed E-state index contributed by atoms with van der Waals surface area (Å²) in [5.74, 6) is 1.11. The van der Waals surface area contributed by atoms with Crippen molar-refractivity contribution in [2.75, 3.05) is 26.4 Å². The SMILES string of the molecule is C/C(=C\COc1c2c(cc3occc13)O[C@@]1(C=C2)O[C@H](CC/C(C)=C/COc2ccc3ccc(=O)oc3c2)C(C)(C)O1)CCC1OC1(C)C.C/C(=C\COc1c2c(cc3occc13)O[C@]1(C=C2)OC(CC/C(C)=C/COc2ccc3ccc(=O)oc3c2)C(C)(C)O1)CCC1OC1(C)C. The van der Waals surface area contributed by atoms with Crippen molar-refractivity contribution >= 4 is 56.0 Å². The molecule has 516 valence electrons. The lowest BCUT2D eigenvalue weighted by atomic mass is 9.96. The molecule has 4 aromatic heterocycles. The van der Waals surface area contributed by atoms with Gasteiger partial charge in [0.25, 0.3) is 0 Å². The molecule has 0 bridgehead atoms. The smallest absolute Gasteiger partial charge is 0.350 e. The van der Waals surface area contributed by atoms with Gasteiger partial charge in [-0.15, -0.1) is 0 Å². The summed E-state index contributed by atoms with van der Waals surface area (Å²) in [7, 11) is 0. The number of rotatable bonds is 24. The first-order valence-corrected chi connectivity index (χ1v) is 34.0. The van der Waals surface area contributed by atoms with Gasteiger partial charge in [0.1, 0.15) is 83.3 Å². The second-order valence-corrected chi connectivity index (χ2v) is 28.5. The van der Waals surface area contributed by atoms with Crippen molar-refractivity contribution in [2.45, 2.75) is 193 Å². The van der Waals surface area contributed by atoms with E-state index in [9.17, 15) is 9.59 Å². The molecule has 4 saturated heterocycles. The van der Waals surface area contributed by atoms with Gasteiger partial charge in [-0.3, -0.25) is 0 Å².